The number of benzene rings is 1. The highest BCUT2D eigenvalue weighted by atomic mass is 32.1. The summed E-state index contributed by atoms with van der Waals surface area (Å²) in [5, 5.41) is 5.04. The summed E-state index contributed by atoms with van der Waals surface area (Å²) in [5.74, 6) is -0.498. The zero-order valence-electron chi connectivity index (χ0n) is 12.4. The van der Waals surface area contributed by atoms with Gasteiger partial charge in [0, 0.05) is 17.1 Å². The van der Waals surface area contributed by atoms with Crippen LogP contribution in [-0.4, -0.2) is 23.3 Å². The molecule has 0 fully saturated rings. The van der Waals surface area contributed by atoms with Gasteiger partial charge in [-0.2, -0.15) is 0 Å². The Morgan fingerprint density at radius 2 is 1.95 bits per heavy atom. The molecule has 2 aromatic rings. The largest absolute Gasteiger partial charge is 0.350 e. The van der Waals surface area contributed by atoms with E-state index in [1.807, 2.05) is 48.7 Å². The van der Waals surface area contributed by atoms with E-state index < -0.39 is 0 Å². The van der Waals surface area contributed by atoms with Gasteiger partial charge in [-0.15, -0.1) is 11.3 Å². The van der Waals surface area contributed by atoms with Crippen LogP contribution in [0.1, 0.15) is 17.4 Å². The molecule has 0 aliphatic carbocycles. The number of imide groups is 1. The van der Waals surface area contributed by atoms with Gasteiger partial charge in [0.1, 0.15) is 5.70 Å². The Morgan fingerprint density at radius 1 is 1.14 bits per heavy atom. The Bertz CT molecular complexity index is 763. The van der Waals surface area contributed by atoms with Crippen molar-refractivity contribution in [1.29, 1.82) is 0 Å². The van der Waals surface area contributed by atoms with Crippen molar-refractivity contribution in [3.8, 4) is 0 Å². The lowest BCUT2D eigenvalue weighted by Gasteiger charge is -2.12. The molecule has 0 bridgehead atoms. The number of nitrogens with one attached hydrogen (secondary N) is 1. The summed E-state index contributed by atoms with van der Waals surface area (Å²) in [4.78, 5) is 27.1. The first-order chi connectivity index (χ1) is 10.6. The summed E-state index contributed by atoms with van der Waals surface area (Å²) in [6, 6.07) is 11.5. The van der Waals surface area contributed by atoms with Crippen LogP contribution in [0.15, 0.2) is 47.5 Å². The fourth-order valence-corrected chi connectivity index (χ4v) is 3.26. The molecule has 1 aromatic heterocycles. The Hall–Kier alpha value is -2.40. The van der Waals surface area contributed by atoms with Crippen LogP contribution in [0.25, 0.3) is 5.57 Å². The predicted octanol–water partition coefficient (Wildman–Crippen LogP) is 3.27. The van der Waals surface area contributed by atoms with Gasteiger partial charge in [-0.3, -0.25) is 14.5 Å². The van der Waals surface area contributed by atoms with Crippen LogP contribution in [0.2, 0.25) is 0 Å². The van der Waals surface area contributed by atoms with Gasteiger partial charge in [-0.05, 0) is 43.0 Å². The predicted molar refractivity (Wildman–Crippen MR) is 88.4 cm³/mol. The number of aryl methyl sites for hydroxylation is 1. The molecule has 4 nitrogen and oxygen atoms in total. The molecule has 0 atom stereocenters. The molecule has 1 N–H and O–H groups in total. The van der Waals surface area contributed by atoms with Crippen molar-refractivity contribution in [3.05, 3.63) is 57.9 Å². The molecular weight excluding hydrogens is 296 g/mol. The molecule has 0 radical (unpaired) electrons. The van der Waals surface area contributed by atoms with Gasteiger partial charge in [-0.1, -0.05) is 18.2 Å². The molecule has 5 heteroatoms. The Labute approximate surface area is 133 Å². The molecular formula is C17H16N2O2S. The summed E-state index contributed by atoms with van der Waals surface area (Å²) in [6.45, 7) is 4.16. The minimum absolute atomic E-state index is 0.231. The molecule has 1 aromatic carbocycles. The Morgan fingerprint density at radius 3 is 2.59 bits per heavy atom. The van der Waals surface area contributed by atoms with Gasteiger partial charge >= 0.3 is 0 Å². The summed E-state index contributed by atoms with van der Waals surface area (Å²) < 4.78 is 0. The van der Waals surface area contributed by atoms with E-state index in [1.54, 1.807) is 6.92 Å². The number of carbonyl (C=O) groups is 2. The highest BCUT2D eigenvalue weighted by Crippen LogP contribution is 2.32. The number of hydrogen-bond donors (Lipinski definition) is 1. The Kier molecular flexibility index (Phi) is 3.81. The second-order valence-electron chi connectivity index (χ2n) is 5.08. The van der Waals surface area contributed by atoms with E-state index >= 15 is 0 Å². The second kappa shape index (κ2) is 5.77. The summed E-state index contributed by atoms with van der Waals surface area (Å²) in [7, 11) is 0. The van der Waals surface area contributed by atoms with Gasteiger partial charge in [0.25, 0.3) is 11.8 Å². The smallest absolute Gasteiger partial charge is 0.278 e. The standard InChI is InChI=1S/C17H16N2O2S/c1-3-19-16(20)14(13-8-5-9-22-13)15(17(19)21)18-12-7-4-6-11(2)10-12/h4-10,18H,3H2,1-2H3. The zero-order chi connectivity index (χ0) is 15.7. The maximum absolute atomic E-state index is 12.5. The topological polar surface area (TPSA) is 49.4 Å². The molecule has 3 rings (SSSR count). The lowest BCUT2D eigenvalue weighted by atomic mass is 10.1. The van der Waals surface area contributed by atoms with E-state index in [9.17, 15) is 9.59 Å². The molecule has 112 valence electrons. The normalized spacial score (nSPS) is 14.9. The first-order valence-corrected chi connectivity index (χ1v) is 7.97. The molecule has 1 aliphatic rings. The van der Waals surface area contributed by atoms with E-state index in [-0.39, 0.29) is 11.8 Å². The third kappa shape index (κ3) is 2.44. The molecule has 0 saturated carbocycles. The van der Waals surface area contributed by atoms with Crippen LogP contribution >= 0.6 is 11.3 Å². The van der Waals surface area contributed by atoms with Crippen LogP contribution in [-0.2, 0) is 9.59 Å². The van der Waals surface area contributed by atoms with Gasteiger partial charge in [0.05, 0.1) is 5.57 Å². The van der Waals surface area contributed by atoms with Crippen LogP contribution < -0.4 is 5.32 Å². The lowest BCUT2D eigenvalue weighted by Crippen LogP contribution is -2.32. The number of thiophene rings is 1. The maximum Gasteiger partial charge on any atom is 0.278 e. The molecule has 0 unspecified atom stereocenters. The highest BCUT2D eigenvalue weighted by molar-refractivity contribution is 7.11. The molecule has 1 aliphatic heterocycles. The summed E-state index contributed by atoms with van der Waals surface area (Å²) >= 11 is 1.46. The number of nitrogens with zero attached hydrogens (tertiary/aromatic N) is 1. The maximum atomic E-state index is 12.5. The fourth-order valence-electron chi connectivity index (χ4n) is 2.50. The molecule has 0 spiro atoms. The van der Waals surface area contributed by atoms with Crippen molar-refractivity contribution in [2.75, 3.05) is 11.9 Å². The summed E-state index contributed by atoms with van der Waals surface area (Å²) in [6.07, 6.45) is 0. The van der Waals surface area contributed by atoms with Crippen LogP contribution in [0, 0.1) is 6.92 Å². The number of carbonyl (C=O) groups excluding carboxylic acids is 2. The monoisotopic (exact) mass is 312 g/mol. The SMILES string of the molecule is CCN1C(=O)C(Nc2cccc(C)c2)=C(c2cccs2)C1=O. The minimum Gasteiger partial charge on any atom is -0.350 e. The van der Waals surface area contributed by atoms with Crippen molar-refractivity contribution in [1.82, 2.24) is 4.90 Å². The average Bonchev–Trinajstić information content (AvgIpc) is 3.07. The van der Waals surface area contributed by atoms with Crippen molar-refractivity contribution >= 4 is 34.4 Å². The molecule has 22 heavy (non-hydrogen) atoms. The van der Waals surface area contributed by atoms with Crippen molar-refractivity contribution < 1.29 is 9.59 Å². The van der Waals surface area contributed by atoms with Crippen LogP contribution in [0.5, 0.6) is 0 Å². The Balaban J connectivity index is 2.06. The average molecular weight is 312 g/mol. The molecule has 0 saturated heterocycles. The van der Waals surface area contributed by atoms with Crippen molar-refractivity contribution in [2.45, 2.75) is 13.8 Å². The number of rotatable bonds is 4. The summed E-state index contributed by atoms with van der Waals surface area (Å²) in [5.41, 5.74) is 2.72. The molecule has 2 heterocycles. The lowest BCUT2D eigenvalue weighted by molar-refractivity contribution is -0.136. The first-order valence-electron chi connectivity index (χ1n) is 7.10. The van der Waals surface area contributed by atoms with E-state index in [0.717, 1.165) is 16.1 Å². The third-order valence-corrected chi connectivity index (χ3v) is 4.43. The number of amides is 2. The fraction of sp³-hybridized carbons (Fsp3) is 0.176. The quantitative estimate of drug-likeness (QED) is 0.882. The van der Waals surface area contributed by atoms with Gasteiger partial charge in [0.2, 0.25) is 0 Å². The van der Waals surface area contributed by atoms with Crippen LogP contribution in [0.3, 0.4) is 0 Å². The van der Waals surface area contributed by atoms with E-state index in [4.69, 9.17) is 0 Å². The van der Waals surface area contributed by atoms with E-state index in [2.05, 4.69) is 5.32 Å². The number of likely N-dealkylation sites (N-methyl/N-ethyl adjacent to an activating group) is 1. The minimum atomic E-state index is -0.266. The van der Waals surface area contributed by atoms with Gasteiger partial charge < -0.3 is 5.32 Å². The van der Waals surface area contributed by atoms with Gasteiger partial charge in [0.15, 0.2) is 0 Å². The van der Waals surface area contributed by atoms with E-state index in [0.29, 0.717) is 17.8 Å². The third-order valence-electron chi connectivity index (χ3n) is 3.54. The number of anilines is 1. The van der Waals surface area contributed by atoms with Crippen LogP contribution in [0.4, 0.5) is 5.69 Å². The van der Waals surface area contributed by atoms with E-state index in [1.165, 1.54) is 16.2 Å². The second-order valence-corrected chi connectivity index (χ2v) is 6.02. The zero-order valence-corrected chi connectivity index (χ0v) is 13.2. The first kappa shape index (κ1) is 14.5. The van der Waals surface area contributed by atoms with Crippen molar-refractivity contribution in [2.24, 2.45) is 0 Å². The van der Waals surface area contributed by atoms with Crippen molar-refractivity contribution in [3.63, 3.8) is 0 Å². The molecule has 2 amide bonds. The van der Waals surface area contributed by atoms with Gasteiger partial charge in [-0.25, -0.2) is 0 Å². The highest BCUT2D eigenvalue weighted by Gasteiger charge is 2.38. The number of hydrogen-bond acceptors (Lipinski definition) is 4.